The summed E-state index contributed by atoms with van der Waals surface area (Å²) < 4.78 is 18.1. The van der Waals surface area contributed by atoms with Crippen molar-refractivity contribution in [1.29, 1.82) is 0 Å². The van der Waals surface area contributed by atoms with Gasteiger partial charge in [0, 0.05) is 10.9 Å². The first-order valence-corrected chi connectivity index (χ1v) is 6.71. The van der Waals surface area contributed by atoms with Gasteiger partial charge in [-0.2, -0.15) is 4.37 Å². The fourth-order valence-electron chi connectivity index (χ4n) is 1.41. The van der Waals surface area contributed by atoms with Crippen LogP contribution in [-0.2, 0) is 0 Å². The second kappa shape index (κ2) is 5.57. The summed E-state index contributed by atoms with van der Waals surface area (Å²) in [4.78, 5) is 5.12. The molecule has 1 N–H and O–H groups in total. The maximum Gasteiger partial charge on any atom is 0.174 e. The molecule has 0 aliphatic heterocycles. The zero-order valence-electron chi connectivity index (χ0n) is 9.48. The molecule has 3 nitrogen and oxygen atoms in total. The second-order valence-corrected chi connectivity index (χ2v) is 5.57. The van der Waals surface area contributed by atoms with Crippen molar-refractivity contribution in [1.82, 2.24) is 14.7 Å². The Morgan fingerprint density at radius 3 is 2.94 bits per heavy atom. The molecule has 0 spiro atoms. The fraction of sp³-hybridized carbons (Fsp3) is 0.273. The number of benzene rings is 1. The first-order valence-electron chi connectivity index (χ1n) is 5.12. The van der Waals surface area contributed by atoms with Crippen molar-refractivity contribution in [2.75, 3.05) is 7.05 Å². The van der Waals surface area contributed by atoms with Gasteiger partial charge in [0.2, 0.25) is 0 Å². The van der Waals surface area contributed by atoms with Crippen LogP contribution in [0.2, 0.25) is 0 Å². The van der Waals surface area contributed by atoms with Gasteiger partial charge in [0.05, 0.1) is 0 Å². The first-order chi connectivity index (χ1) is 8.20. The number of nitrogens with one attached hydrogen (secondary N) is 1. The maximum atomic E-state index is 13.3. The summed E-state index contributed by atoms with van der Waals surface area (Å²) in [6, 6.07) is 4.91. The molecule has 90 valence electrons. The van der Waals surface area contributed by atoms with E-state index in [2.05, 4.69) is 14.7 Å². The van der Waals surface area contributed by atoms with Crippen molar-refractivity contribution >= 4 is 23.3 Å². The minimum atomic E-state index is -0.219. The van der Waals surface area contributed by atoms with E-state index in [1.54, 1.807) is 12.1 Å². The summed E-state index contributed by atoms with van der Waals surface area (Å²) in [6.07, 6.45) is 1.53. The zero-order valence-corrected chi connectivity index (χ0v) is 11.1. The molecule has 0 fully saturated rings. The van der Waals surface area contributed by atoms with Gasteiger partial charge >= 0.3 is 0 Å². The van der Waals surface area contributed by atoms with E-state index in [-0.39, 0.29) is 11.9 Å². The Hall–Kier alpha value is -0.980. The van der Waals surface area contributed by atoms with Gasteiger partial charge < -0.3 is 5.32 Å². The lowest BCUT2D eigenvalue weighted by Gasteiger charge is -2.14. The third-order valence-electron chi connectivity index (χ3n) is 2.41. The van der Waals surface area contributed by atoms with E-state index < -0.39 is 0 Å². The molecule has 0 bridgehead atoms. The van der Waals surface area contributed by atoms with Crippen LogP contribution in [0.5, 0.6) is 0 Å². The molecule has 0 amide bonds. The molecule has 0 saturated carbocycles. The number of nitrogens with zero attached hydrogens (tertiary/aromatic N) is 2. The molecule has 6 heteroatoms. The highest BCUT2D eigenvalue weighted by molar-refractivity contribution is 8.01. The molecule has 0 aliphatic carbocycles. The van der Waals surface area contributed by atoms with E-state index in [0.29, 0.717) is 0 Å². The maximum absolute atomic E-state index is 13.3. The predicted molar refractivity (Wildman–Crippen MR) is 67.9 cm³/mol. The van der Waals surface area contributed by atoms with Crippen molar-refractivity contribution in [3.8, 4) is 0 Å². The standard InChI is InChI=1S/C11H12FN3S2/c1-7(13-2)9-5-8(12)3-4-10(9)16-11-14-6-15-17-11/h3-7,13H,1-2H3. The molecule has 1 aromatic heterocycles. The monoisotopic (exact) mass is 269 g/mol. The fourth-order valence-corrected chi connectivity index (χ4v) is 3.01. The van der Waals surface area contributed by atoms with Crippen LogP contribution in [0.4, 0.5) is 4.39 Å². The topological polar surface area (TPSA) is 37.8 Å². The van der Waals surface area contributed by atoms with Crippen LogP contribution in [0.1, 0.15) is 18.5 Å². The lowest BCUT2D eigenvalue weighted by molar-refractivity contribution is 0.601. The minimum absolute atomic E-state index is 0.0983. The van der Waals surface area contributed by atoms with Gasteiger partial charge in [0.1, 0.15) is 12.1 Å². The lowest BCUT2D eigenvalue weighted by atomic mass is 10.1. The average molecular weight is 269 g/mol. The zero-order chi connectivity index (χ0) is 12.3. The second-order valence-electron chi connectivity index (χ2n) is 3.50. The molecular weight excluding hydrogens is 257 g/mol. The first kappa shape index (κ1) is 12.5. The molecule has 1 unspecified atom stereocenters. The molecule has 17 heavy (non-hydrogen) atoms. The van der Waals surface area contributed by atoms with E-state index in [9.17, 15) is 4.39 Å². The van der Waals surface area contributed by atoms with Gasteiger partial charge in [-0.05, 0) is 49.3 Å². The van der Waals surface area contributed by atoms with Crippen LogP contribution in [0.25, 0.3) is 0 Å². The third-order valence-corrected chi connectivity index (χ3v) is 4.22. The van der Waals surface area contributed by atoms with Gasteiger partial charge in [-0.25, -0.2) is 9.37 Å². The van der Waals surface area contributed by atoms with Gasteiger partial charge in [0.25, 0.3) is 0 Å². The van der Waals surface area contributed by atoms with E-state index in [1.807, 2.05) is 14.0 Å². The summed E-state index contributed by atoms with van der Waals surface area (Å²) >= 11 is 2.85. The number of halogens is 1. The summed E-state index contributed by atoms with van der Waals surface area (Å²) in [6.45, 7) is 2.00. The van der Waals surface area contributed by atoms with E-state index in [0.717, 1.165) is 14.8 Å². The highest BCUT2D eigenvalue weighted by Crippen LogP contribution is 2.33. The molecule has 0 radical (unpaired) electrons. The highest BCUT2D eigenvalue weighted by Gasteiger charge is 2.12. The molecule has 1 aromatic carbocycles. The Morgan fingerprint density at radius 2 is 2.29 bits per heavy atom. The minimum Gasteiger partial charge on any atom is -0.313 e. The summed E-state index contributed by atoms with van der Waals surface area (Å²) in [7, 11) is 1.86. The van der Waals surface area contributed by atoms with Crippen molar-refractivity contribution in [3.05, 3.63) is 35.9 Å². The number of aromatic nitrogens is 2. The van der Waals surface area contributed by atoms with Crippen molar-refractivity contribution in [2.45, 2.75) is 22.2 Å². The summed E-state index contributed by atoms with van der Waals surface area (Å²) in [5.74, 6) is -0.219. The Kier molecular flexibility index (Phi) is 4.09. The van der Waals surface area contributed by atoms with Crippen LogP contribution in [0.15, 0.2) is 33.8 Å². The van der Waals surface area contributed by atoms with Crippen LogP contribution in [0, 0.1) is 5.82 Å². The molecule has 0 saturated heterocycles. The number of hydrogen-bond acceptors (Lipinski definition) is 5. The van der Waals surface area contributed by atoms with Gasteiger partial charge in [-0.1, -0.05) is 11.8 Å². The van der Waals surface area contributed by atoms with Crippen LogP contribution >= 0.6 is 23.3 Å². The van der Waals surface area contributed by atoms with E-state index in [4.69, 9.17) is 0 Å². The molecule has 1 heterocycles. The Labute approximate surface area is 108 Å². The van der Waals surface area contributed by atoms with Gasteiger partial charge in [-0.15, -0.1) is 0 Å². The average Bonchev–Trinajstić information content (AvgIpc) is 2.83. The SMILES string of the molecule is CNC(C)c1cc(F)ccc1Sc1ncns1. The van der Waals surface area contributed by atoms with Gasteiger partial charge in [0.15, 0.2) is 4.34 Å². The van der Waals surface area contributed by atoms with Crippen molar-refractivity contribution < 1.29 is 4.39 Å². The number of rotatable bonds is 4. The van der Waals surface area contributed by atoms with E-state index in [1.165, 1.54) is 35.7 Å². The van der Waals surface area contributed by atoms with Crippen LogP contribution < -0.4 is 5.32 Å². The molecule has 2 aromatic rings. The Bertz CT molecular complexity index is 487. The van der Waals surface area contributed by atoms with E-state index >= 15 is 0 Å². The van der Waals surface area contributed by atoms with Crippen molar-refractivity contribution in [3.63, 3.8) is 0 Å². The predicted octanol–water partition coefficient (Wildman–Crippen LogP) is 3.11. The normalized spacial score (nSPS) is 12.6. The third kappa shape index (κ3) is 3.02. The van der Waals surface area contributed by atoms with Crippen molar-refractivity contribution in [2.24, 2.45) is 0 Å². The molecular formula is C11H12FN3S2. The van der Waals surface area contributed by atoms with Crippen LogP contribution in [0.3, 0.4) is 0 Å². The smallest absolute Gasteiger partial charge is 0.174 e. The quantitative estimate of drug-likeness (QED) is 0.925. The molecule has 1 atom stereocenters. The summed E-state index contributed by atoms with van der Waals surface area (Å²) in [5, 5.41) is 3.12. The Morgan fingerprint density at radius 1 is 1.47 bits per heavy atom. The van der Waals surface area contributed by atoms with Crippen LogP contribution in [-0.4, -0.2) is 16.4 Å². The largest absolute Gasteiger partial charge is 0.313 e. The Balaban J connectivity index is 2.32. The number of hydrogen-bond donors (Lipinski definition) is 1. The lowest BCUT2D eigenvalue weighted by Crippen LogP contribution is -2.13. The molecule has 0 aliphatic rings. The molecule has 2 rings (SSSR count). The van der Waals surface area contributed by atoms with Gasteiger partial charge in [-0.3, -0.25) is 0 Å². The highest BCUT2D eigenvalue weighted by atomic mass is 32.2. The summed E-state index contributed by atoms with van der Waals surface area (Å²) in [5.41, 5.74) is 0.938.